The molecular weight excluding hydrogens is 212 g/mol. The van der Waals surface area contributed by atoms with Gasteiger partial charge in [0.2, 0.25) is 0 Å². The minimum atomic E-state index is -1.33. The summed E-state index contributed by atoms with van der Waals surface area (Å²) < 4.78 is 0. The Labute approximate surface area is 101 Å². The van der Waals surface area contributed by atoms with Crippen LogP contribution in [0.15, 0.2) is 47.6 Å². The quantitative estimate of drug-likeness (QED) is 0.790. The van der Waals surface area contributed by atoms with Crippen molar-refractivity contribution < 1.29 is 9.90 Å². The maximum Gasteiger partial charge on any atom is 0.155 e. The molecule has 1 atom stereocenters. The minimum absolute atomic E-state index is 0.373. The van der Waals surface area contributed by atoms with E-state index in [9.17, 15) is 9.90 Å². The van der Waals surface area contributed by atoms with Crippen LogP contribution in [0, 0.1) is 0 Å². The highest BCUT2D eigenvalue weighted by molar-refractivity contribution is 5.85. The Hall–Kier alpha value is -1.67. The Kier molecular flexibility index (Phi) is 2.99. The van der Waals surface area contributed by atoms with Crippen LogP contribution < -0.4 is 0 Å². The summed E-state index contributed by atoms with van der Waals surface area (Å²) in [5.41, 5.74) is 2.94. The van der Waals surface area contributed by atoms with Crippen molar-refractivity contribution in [2.24, 2.45) is 0 Å². The lowest BCUT2D eigenvalue weighted by Crippen LogP contribution is -2.31. The van der Waals surface area contributed by atoms with Crippen LogP contribution in [0.1, 0.15) is 25.8 Å². The molecule has 2 nitrogen and oxygen atoms in total. The zero-order valence-electron chi connectivity index (χ0n) is 10.1. The summed E-state index contributed by atoms with van der Waals surface area (Å²) in [5, 5.41) is 10.0. The van der Waals surface area contributed by atoms with Crippen molar-refractivity contribution in [3.8, 4) is 0 Å². The van der Waals surface area contributed by atoms with Crippen molar-refractivity contribution in [1.29, 1.82) is 0 Å². The van der Waals surface area contributed by atoms with Gasteiger partial charge in [0.15, 0.2) is 6.29 Å². The molecule has 0 fully saturated rings. The fraction of sp³-hybridized carbons (Fsp3) is 0.267. The zero-order chi connectivity index (χ0) is 12.5. The summed E-state index contributed by atoms with van der Waals surface area (Å²) in [6, 6.07) is 10.0. The topological polar surface area (TPSA) is 37.3 Å². The lowest BCUT2D eigenvalue weighted by molar-refractivity contribution is -0.120. The highest BCUT2D eigenvalue weighted by atomic mass is 16.3. The summed E-state index contributed by atoms with van der Waals surface area (Å²) >= 11 is 0. The zero-order valence-corrected chi connectivity index (χ0v) is 10.1. The SMILES string of the molecule is CC1=CC(O)(C=O)CC(C)=C1c1ccccc1. The van der Waals surface area contributed by atoms with E-state index < -0.39 is 5.60 Å². The van der Waals surface area contributed by atoms with Gasteiger partial charge < -0.3 is 5.11 Å². The number of hydrogen-bond donors (Lipinski definition) is 1. The molecule has 0 aromatic heterocycles. The van der Waals surface area contributed by atoms with Gasteiger partial charge in [0.05, 0.1) is 0 Å². The first-order chi connectivity index (χ1) is 8.06. The predicted molar refractivity (Wildman–Crippen MR) is 68.4 cm³/mol. The number of aldehydes is 1. The standard InChI is InChI=1S/C15H16O2/c1-11-8-15(17,10-16)9-12(2)14(11)13-6-4-3-5-7-13/h3-8,10,17H,9H2,1-2H3. The van der Waals surface area contributed by atoms with Crippen LogP contribution in [-0.4, -0.2) is 17.0 Å². The summed E-state index contributed by atoms with van der Waals surface area (Å²) in [5.74, 6) is 0. The second-order valence-corrected chi connectivity index (χ2v) is 4.63. The van der Waals surface area contributed by atoms with Crippen LogP contribution in [0.3, 0.4) is 0 Å². The molecule has 88 valence electrons. The first-order valence-electron chi connectivity index (χ1n) is 5.69. The van der Waals surface area contributed by atoms with Crippen LogP contribution in [0.25, 0.3) is 5.57 Å². The fourth-order valence-corrected chi connectivity index (χ4v) is 2.50. The van der Waals surface area contributed by atoms with Gasteiger partial charge in [-0.1, -0.05) is 35.9 Å². The number of carbonyl (C=O) groups excluding carboxylic acids is 1. The molecule has 0 saturated carbocycles. The van der Waals surface area contributed by atoms with Crippen molar-refractivity contribution in [3.05, 3.63) is 53.1 Å². The first-order valence-corrected chi connectivity index (χ1v) is 5.69. The molecule has 1 aromatic rings. The van der Waals surface area contributed by atoms with Gasteiger partial charge in [-0.05, 0) is 36.6 Å². The normalized spacial score (nSPS) is 24.5. The molecule has 1 aromatic carbocycles. The Morgan fingerprint density at radius 2 is 1.88 bits per heavy atom. The molecule has 0 amide bonds. The van der Waals surface area contributed by atoms with Crippen molar-refractivity contribution in [2.45, 2.75) is 25.9 Å². The Morgan fingerprint density at radius 3 is 2.41 bits per heavy atom. The molecular formula is C15H16O2. The van der Waals surface area contributed by atoms with Gasteiger partial charge in [0, 0.05) is 6.42 Å². The van der Waals surface area contributed by atoms with Crippen molar-refractivity contribution in [2.75, 3.05) is 0 Å². The van der Waals surface area contributed by atoms with Crippen molar-refractivity contribution in [3.63, 3.8) is 0 Å². The van der Waals surface area contributed by atoms with Gasteiger partial charge in [-0.15, -0.1) is 0 Å². The highest BCUT2D eigenvalue weighted by Gasteiger charge is 2.29. The van der Waals surface area contributed by atoms with E-state index in [0.717, 1.165) is 22.3 Å². The highest BCUT2D eigenvalue weighted by Crippen LogP contribution is 2.36. The molecule has 0 heterocycles. The minimum Gasteiger partial charge on any atom is -0.378 e. The molecule has 1 aliphatic rings. The third kappa shape index (κ3) is 2.22. The summed E-state index contributed by atoms with van der Waals surface area (Å²) in [4.78, 5) is 10.9. The lowest BCUT2D eigenvalue weighted by Gasteiger charge is -2.27. The summed E-state index contributed by atoms with van der Waals surface area (Å²) in [7, 11) is 0. The fourth-order valence-electron chi connectivity index (χ4n) is 2.50. The largest absolute Gasteiger partial charge is 0.378 e. The molecule has 1 unspecified atom stereocenters. The Morgan fingerprint density at radius 1 is 1.24 bits per heavy atom. The van der Waals surface area contributed by atoms with E-state index in [1.54, 1.807) is 6.08 Å². The molecule has 1 aliphatic carbocycles. The van der Waals surface area contributed by atoms with Gasteiger partial charge in [-0.3, -0.25) is 4.79 Å². The predicted octanol–water partition coefficient (Wildman–Crippen LogP) is 2.74. The van der Waals surface area contributed by atoms with Gasteiger partial charge in [-0.2, -0.15) is 0 Å². The Bertz CT molecular complexity index is 497. The second-order valence-electron chi connectivity index (χ2n) is 4.63. The van der Waals surface area contributed by atoms with E-state index in [4.69, 9.17) is 0 Å². The Balaban J connectivity index is 2.48. The van der Waals surface area contributed by atoms with Crippen LogP contribution >= 0.6 is 0 Å². The average Bonchev–Trinajstić information content (AvgIpc) is 2.29. The molecule has 2 rings (SSSR count). The van der Waals surface area contributed by atoms with Crippen LogP contribution in [0.4, 0.5) is 0 Å². The van der Waals surface area contributed by atoms with Crippen molar-refractivity contribution >= 4 is 11.9 Å². The summed E-state index contributed by atoms with van der Waals surface area (Å²) in [6.07, 6.45) is 2.63. The van der Waals surface area contributed by atoms with Crippen LogP contribution in [-0.2, 0) is 4.79 Å². The molecule has 0 bridgehead atoms. The number of benzene rings is 1. The van der Waals surface area contributed by atoms with Gasteiger partial charge >= 0.3 is 0 Å². The van der Waals surface area contributed by atoms with Gasteiger partial charge in [0.1, 0.15) is 5.60 Å². The van der Waals surface area contributed by atoms with Crippen LogP contribution in [0.5, 0.6) is 0 Å². The molecule has 1 N–H and O–H groups in total. The van der Waals surface area contributed by atoms with E-state index >= 15 is 0 Å². The number of rotatable bonds is 2. The first kappa shape index (κ1) is 11.8. The molecule has 17 heavy (non-hydrogen) atoms. The number of hydrogen-bond acceptors (Lipinski definition) is 2. The molecule has 0 spiro atoms. The second kappa shape index (κ2) is 4.30. The maximum atomic E-state index is 10.9. The van der Waals surface area contributed by atoms with E-state index in [2.05, 4.69) is 0 Å². The number of carbonyl (C=O) groups is 1. The van der Waals surface area contributed by atoms with E-state index in [-0.39, 0.29) is 0 Å². The molecule has 0 aliphatic heterocycles. The third-order valence-corrected chi connectivity index (χ3v) is 3.10. The molecule has 2 heteroatoms. The van der Waals surface area contributed by atoms with E-state index in [1.807, 2.05) is 44.2 Å². The lowest BCUT2D eigenvalue weighted by atomic mass is 9.81. The average molecular weight is 228 g/mol. The van der Waals surface area contributed by atoms with Crippen LogP contribution in [0.2, 0.25) is 0 Å². The maximum absolute atomic E-state index is 10.9. The monoisotopic (exact) mass is 228 g/mol. The molecule has 0 saturated heterocycles. The van der Waals surface area contributed by atoms with E-state index in [1.165, 1.54) is 0 Å². The number of aliphatic hydroxyl groups is 1. The third-order valence-electron chi connectivity index (χ3n) is 3.10. The summed E-state index contributed by atoms with van der Waals surface area (Å²) in [6.45, 7) is 3.90. The number of allylic oxidation sites excluding steroid dienone is 2. The van der Waals surface area contributed by atoms with Gasteiger partial charge in [-0.25, -0.2) is 0 Å². The van der Waals surface area contributed by atoms with Crippen molar-refractivity contribution in [1.82, 2.24) is 0 Å². The smallest absolute Gasteiger partial charge is 0.155 e. The molecule has 0 radical (unpaired) electrons. The van der Waals surface area contributed by atoms with E-state index in [0.29, 0.717) is 12.7 Å². The van der Waals surface area contributed by atoms with Gasteiger partial charge in [0.25, 0.3) is 0 Å².